The van der Waals surface area contributed by atoms with Crippen LogP contribution in [-0.2, 0) is 33.7 Å². The molecule has 1 atom stereocenters. The van der Waals surface area contributed by atoms with Crippen molar-refractivity contribution in [3.05, 3.63) is 23.3 Å². The molecule has 0 unspecified atom stereocenters. The Hall–Kier alpha value is -1.53. The Balaban J connectivity index is 1.35. The summed E-state index contributed by atoms with van der Waals surface area (Å²) < 4.78 is 11.0. The molecule has 3 rings (SSSR count). The van der Waals surface area contributed by atoms with Crippen molar-refractivity contribution in [1.82, 2.24) is 15.3 Å². The topological polar surface area (TPSA) is 73.3 Å². The van der Waals surface area contributed by atoms with E-state index in [2.05, 4.69) is 15.3 Å². The molecule has 0 aromatic carbocycles. The van der Waals surface area contributed by atoms with Crippen LogP contribution in [0.3, 0.4) is 0 Å². The molecule has 1 aromatic rings. The highest BCUT2D eigenvalue weighted by atomic mass is 16.5. The zero-order valence-corrected chi connectivity index (χ0v) is 12.8. The van der Waals surface area contributed by atoms with E-state index in [9.17, 15) is 4.79 Å². The van der Waals surface area contributed by atoms with E-state index in [1.165, 1.54) is 12.0 Å². The first-order chi connectivity index (χ1) is 10.8. The summed E-state index contributed by atoms with van der Waals surface area (Å²) in [5.41, 5.74) is 2.37. The first-order valence-corrected chi connectivity index (χ1v) is 8.11. The second-order valence-corrected chi connectivity index (χ2v) is 5.89. The number of rotatable bonds is 6. The predicted octanol–water partition coefficient (Wildman–Crippen LogP) is 1.17. The van der Waals surface area contributed by atoms with Crippen molar-refractivity contribution in [3.63, 3.8) is 0 Å². The Morgan fingerprint density at radius 3 is 3.18 bits per heavy atom. The van der Waals surface area contributed by atoms with Crippen LogP contribution < -0.4 is 5.32 Å². The standard InChI is InChI=1S/C16H23N3O3/c20-16(11-21-10-13-5-1-2-7-22-13)18-9-15-17-8-12-4-3-6-14(12)19-15/h8,13H,1-7,9-11H2,(H,18,20)/t13-/m1/s1. The molecule has 1 aliphatic heterocycles. The van der Waals surface area contributed by atoms with Crippen LogP contribution >= 0.6 is 0 Å². The first kappa shape index (κ1) is 15.4. The van der Waals surface area contributed by atoms with Gasteiger partial charge in [0.1, 0.15) is 12.4 Å². The zero-order chi connectivity index (χ0) is 15.2. The molecule has 1 N–H and O–H groups in total. The van der Waals surface area contributed by atoms with Gasteiger partial charge >= 0.3 is 0 Å². The van der Waals surface area contributed by atoms with E-state index >= 15 is 0 Å². The minimum atomic E-state index is -0.139. The molecule has 0 saturated carbocycles. The van der Waals surface area contributed by atoms with Gasteiger partial charge in [-0.2, -0.15) is 0 Å². The van der Waals surface area contributed by atoms with Crippen molar-refractivity contribution < 1.29 is 14.3 Å². The van der Waals surface area contributed by atoms with Crippen LogP contribution in [0.4, 0.5) is 0 Å². The lowest BCUT2D eigenvalue weighted by atomic mass is 10.1. The van der Waals surface area contributed by atoms with Crippen molar-refractivity contribution in [2.24, 2.45) is 0 Å². The summed E-state index contributed by atoms with van der Waals surface area (Å²) in [6.45, 7) is 1.71. The van der Waals surface area contributed by atoms with Gasteiger partial charge in [0.25, 0.3) is 0 Å². The molecular formula is C16H23N3O3. The summed E-state index contributed by atoms with van der Waals surface area (Å²) in [7, 11) is 0. The van der Waals surface area contributed by atoms with Crippen LogP contribution in [0.5, 0.6) is 0 Å². The Labute approximate surface area is 130 Å². The maximum absolute atomic E-state index is 11.8. The predicted molar refractivity (Wildman–Crippen MR) is 80.3 cm³/mol. The highest BCUT2D eigenvalue weighted by Crippen LogP contribution is 2.18. The Bertz CT molecular complexity index is 515. The molecule has 2 heterocycles. The van der Waals surface area contributed by atoms with E-state index < -0.39 is 0 Å². The van der Waals surface area contributed by atoms with Crippen LogP contribution in [0, 0.1) is 0 Å². The first-order valence-electron chi connectivity index (χ1n) is 8.11. The second kappa shape index (κ2) is 7.65. The van der Waals surface area contributed by atoms with E-state index in [1.807, 2.05) is 6.20 Å². The van der Waals surface area contributed by atoms with Crippen LogP contribution in [0.25, 0.3) is 0 Å². The van der Waals surface area contributed by atoms with Gasteiger partial charge < -0.3 is 14.8 Å². The van der Waals surface area contributed by atoms with Gasteiger partial charge in [-0.05, 0) is 44.1 Å². The Morgan fingerprint density at radius 1 is 1.36 bits per heavy atom. The van der Waals surface area contributed by atoms with Gasteiger partial charge in [0.05, 0.1) is 19.3 Å². The molecule has 1 saturated heterocycles. The van der Waals surface area contributed by atoms with Crippen LogP contribution in [0.1, 0.15) is 42.8 Å². The lowest BCUT2D eigenvalue weighted by Crippen LogP contribution is -2.31. The fourth-order valence-electron chi connectivity index (χ4n) is 2.89. The summed E-state index contributed by atoms with van der Waals surface area (Å²) in [6.07, 6.45) is 8.58. The third kappa shape index (κ3) is 4.24. The van der Waals surface area contributed by atoms with Gasteiger partial charge in [-0.15, -0.1) is 0 Å². The number of ether oxygens (including phenoxy) is 2. The van der Waals surface area contributed by atoms with E-state index in [4.69, 9.17) is 9.47 Å². The zero-order valence-electron chi connectivity index (χ0n) is 12.8. The van der Waals surface area contributed by atoms with Crippen molar-refractivity contribution in [2.75, 3.05) is 19.8 Å². The van der Waals surface area contributed by atoms with Crippen molar-refractivity contribution in [3.8, 4) is 0 Å². The number of hydrogen-bond donors (Lipinski definition) is 1. The maximum Gasteiger partial charge on any atom is 0.246 e. The summed E-state index contributed by atoms with van der Waals surface area (Å²) >= 11 is 0. The number of hydrogen-bond acceptors (Lipinski definition) is 5. The SMILES string of the molecule is O=C(COC[C@H]1CCCCO1)NCc1ncc2c(n1)CCC2. The lowest BCUT2D eigenvalue weighted by Gasteiger charge is -2.22. The number of carbonyl (C=O) groups excluding carboxylic acids is 1. The molecule has 120 valence electrons. The number of carbonyl (C=O) groups is 1. The van der Waals surface area contributed by atoms with Crippen LogP contribution in [-0.4, -0.2) is 41.8 Å². The average Bonchev–Trinajstić information content (AvgIpc) is 3.01. The minimum Gasteiger partial charge on any atom is -0.376 e. The minimum absolute atomic E-state index is 0.0603. The molecule has 1 amide bonds. The third-order valence-electron chi connectivity index (χ3n) is 4.12. The molecular weight excluding hydrogens is 282 g/mol. The summed E-state index contributed by atoms with van der Waals surface area (Å²) in [6, 6.07) is 0. The second-order valence-electron chi connectivity index (χ2n) is 5.89. The molecule has 0 bridgehead atoms. The molecule has 2 aliphatic rings. The quantitative estimate of drug-likeness (QED) is 0.854. The van der Waals surface area contributed by atoms with E-state index in [1.54, 1.807) is 0 Å². The van der Waals surface area contributed by atoms with Crippen LogP contribution in [0.15, 0.2) is 6.20 Å². The number of amides is 1. The molecule has 1 aromatic heterocycles. The van der Waals surface area contributed by atoms with E-state index in [-0.39, 0.29) is 18.6 Å². The van der Waals surface area contributed by atoms with Gasteiger partial charge in [0.2, 0.25) is 5.91 Å². The summed E-state index contributed by atoms with van der Waals surface area (Å²) in [5, 5.41) is 2.80. The Kier molecular flexibility index (Phi) is 5.34. The smallest absolute Gasteiger partial charge is 0.246 e. The monoisotopic (exact) mass is 305 g/mol. The molecule has 1 aliphatic carbocycles. The number of nitrogens with one attached hydrogen (secondary N) is 1. The average molecular weight is 305 g/mol. The van der Waals surface area contributed by atoms with Crippen molar-refractivity contribution in [1.29, 1.82) is 0 Å². The van der Waals surface area contributed by atoms with E-state index in [0.717, 1.165) is 44.4 Å². The normalized spacial score (nSPS) is 20.6. The van der Waals surface area contributed by atoms with Crippen molar-refractivity contribution >= 4 is 5.91 Å². The number of aryl methyl sites for hydroxylation is 2. The van der Waals surface area contributed by atoms with Crippen LogP contribution in [0.2, 0.25) is 0 Å². The number of aromatic nitrogens is 2. The largest absolute Gasteiger partial charge is 0.376 e. The molecule has 0 radical (unpaired) electrons. The molecule has 0 spiro atoms. The van der Waals surface area contributed by atoms with Crippen molar-refractivity contribution in [2.45, 2.75) is 51.2 Å². The summed E-state index contributed by atoms with van der Waals surface area (Å²) in [5.74, 6) is 0.532. The number of nitrogens with zero attached hydrogens (tertiary/aromatic N) is 2. The molecule has 1 fully saturated rings. The maximum atomic E-state index is 11.8. The highest BCUT2D eigenvalue weighted by Gasteiger charge is 2.15. The third-order valence-corrected chi connectivity index (χ3v) is 4.12. The molecule has 6 heteroatoms. The molecule has 22 heavy (non-hydrogen) atoms. The lowest BCUT2D eigenvalue weighted by molar-refractivity contribution is -0.128. The highest BCUT2D eigenvalue weighted by molar-refractivity contribution is 5.77. The summed E-state index contributed by atoms with van der Waals surface area (Å²) in [4.78, 5) is 20.5. The fourth-order valence-corrected chi connectivity index (χ4v) is 2.89. The van der Waals surface area contributed by atoms with Gasteiger partial charge in [-0.3, -0.25) is 4.79 Å². The molecule has 6 nitrogen and oxygen atoms in total. The van der Waals surface area contributed by atoms with Gasteiger partial charge in [0, 0.05) is 18.5 Å². The Morgan fingerprint density at radius 2 is 2.32 bits per heavy atom. The van der Waals surface area contributed by atoms with Gasteiger partial charge in [0.15, 0.2) is 0 Å². The van der Waals surface area contributed by atoms with Gasteiger partial charge in [-0.1, -0.05) is 0 Å². The number of fused-ring (bicyclic) bond motifs is 1. The fraction of sp³-hybridized carbons (Fsp3) is 0.688. The van der Waals surface area contributed by atoms with Gasteiger partial charge in [-0.25, -0.2) is 9.97 Å². The van der Waals surface area contributed by atoms with E-state index in [0.29, 0.717) is 19.0 Å².